The summed E-state index contributed by atoms with van der Waals surface area (Å²) in [5.74, 6) is 0.849. The van der Waals surface area contributed by atoms with Gasteiger partial charge in [0.2, 0.25) is 0 Å². The lowest BCUT2D eigenvalue weighted by molar-refractivity contribution is 0.115. The summed E-state index contributed by atoms with van der Waals surface area (Å²) < 4.78 is 5.44. The lowest BCUT2D eigenvalue weighted by atomic mass is 10.1. The van der Waals surface area contributed by atoms with E-state index in [1.165, 1.54) is 0 Å². The molecule has 1 aliphatic heterocycles. The molecule has 0 amide bonds. The second kappa shape index (κ2) is 5.62. The van der Waals surface area contributed by atoms with Crippen LogP contribution in [0.3, 0.4) is 0 Å². The van der Waals surface area contributed by atoms with Crippen LogP contribution in [0.2, 0.25) is 0 Å². The highest BCUT2D eigenvalue weighted by Crippen LogP contribution is 2.22. The van der Waals surface area contributed by atoms with Crippen LogP contribution in [0.5, 0.6) is 0 Å². The SMILES string of the molecule is CCN1CCN(C(C(N)=S)c2ccco2)CC1. The molecule has 0 radical (unpaired) electrons. The maximum absolute atomic E-state index is 5.84. The van der Waals surface area contributed by atoms with Gasteiger partial charge in [-0.1, -0.05) is 19.1 Å². The predicted molar refractivity (Wildman–Crippen MR) is 71.9 cm³/mol. The molecule has 1 aromatic rings. The standard InChI is InChI=1S/C12H19N3OS/c1-2-14-5-7-15(8-6-14)11(12(13)17)10-4-3-9-16-10/h3-4,9,11H,2,5-8H2,1H3,(H2,13,17). The zero-order valence-corrected chi connectivity index (χ0v) is 10.9. The quantitative estimate of drug-likeness (QED) is 0.818. The van der Waals surface area contributed by atoms with Crippen molar-refractivity contribution in [3.63, 3.8) is 0 Å². The van der Waals surface area contributed by atoms with Crippen LogP contribution in [0, 0.1) is 0 Å². The summed E-state index contributed by atoms with van der Waals surface area (Å²) in [4.78, 5) is 5.22. The minimum absolute atomic E-state index is 0.0565. The zero-order chi connectivity index (χ0) is 12.3. The Balaban J connectivity index is 2.06. The van der Waals surface area contributed by atoms with Gasteiger partial charge in [0.25, 0.3) is 0 Å². The van der Waals surface area contributed by atoms with Gasteiger partial charge < -0.3 is 15.1 Å². The first-order valence-corrected chi connectivity index (χ1v) is 6.42. The van der Waals surface area contributed by atoms with Gasteiger partial charge in [0.05, 0.1) is 11.3 Å². The Kier molecular flexibility index (Phi) is 4.15. The van der Waals surface area contributed by atoms with Crippen LogP contribution in [0.4, 0.5) is 0 Å². The Labute approximate surface area is 107 Å². The largest absolute Gasteiger partial charge is 0.467 e. The van der Waals surface area contributed by atoms with E-state index in [-0.39, 0.29) is 6.04 Å². The van der Waals surface area contributed by atoms with Gasteiger partial charge in [-0.2, -0.15) is 0 Å². The summed E-state index contributed by atoms with van der Waals surface area (Å²) in [7, 11) is 0. The number of rotatable bonds is 4. The van der Waals surface area contributed by atoms with E-state index >= 15 is 0 Å². The number of hydrogen-bond donors (Lipinski definition) is 1. The highest BCUT2D eigenvalue weighted by Gasteiger charge is 2.28. The number of hydrogen-bond acceptors (Lipinski definition) is 4. The van der Waals surface area contributed by atoms with Gasteiger partial charge >= 0.3 is 0 Å². The molecule has 17 heavy (non-hydrogen) atoms. The molecule has 4 nitrogen and oxygen atoms in total. The van der Waals surface area contributed by atoms with Crippen LogP contribution < -0.4 is 5.73 Å². The Morgan fingerprint density at radius 2 is 2.18 bits per heavy atom. The highest BCUT2D eigenvalue weighted by atomic mass is 32.1. The van der Waals surface area contributed by atoms with Crippen LogP contribution in [-0.4, -0.2) is 47.5 Å². The molecular weight excluding hydrogens is 234 g/mol. The lowest BCUT2D eigenvalue weighted by Gasteiger charge is -2.37. The molecule has 0 spiro atoms. The van der Waals surface area contributed by atoms with Crippen molar-refractivity contribution in [3.8, 4) is 0 Å². The molecule has 2 N–H and O–H groups in total. The fourth-order valence-electron chi connectivity index (χ4n) is 2.28. The van der Waals surface area contributed by atoms with Crippen molar-refractivity contribution in [2.75, 3.05) is 32.7 Å². The molecule has 0 aromatic carbocycles. The Morgan fingerprint density at radius 3 is 2.65 bits per heavy atom. The number of likely N-dealkylation sites (N-methyl/N-ethyl adjacent to an activating group) is 1. The maximum Gasteiger partial charge on any atom is 0.127 e. The summed E-state index contributed by atoms with van der Waals surface area (Å²) in [5, 5.41) is 0. The van der Waals surface area contributed by atoms with Crippen LogP contribution in [0.25, 0.3) is 0 Å². The average molecular weight is 253 g/mol. The van der Waals surface area contributed by atoms with E-state index < -0.39 is 0 Å². The molecule has 2 rings (SSSR count). The summed E-state index contributed by atoms with van der Waals surface area (Å²) in [5.41, 5.74) is 5.84. The minimum atomic E-state index is -0.0565. The number of thiocarbonyl (C=S) groups is 1. The van der Waals surface area contributed by atoms with Gasteiger partial charge in [0, 0.05) is 26.2 Å². The van der Waals surface area contributed by atoms with Crippen molar-refractivity contribution < 1.29 is 4.42 Å². The molecule has 0 saturated carbocycles. The molecule has 0 aliphatic carbocycles. The van der Waals surface area contributed by atoms with Gasteiger partial charge in [-0.3, -0.25) is 4.90 Å². The van der Waals surface area contributed by atoms with Crippen molar-refractivity contribution in [2.24, 2.45) is 5.73 Å². The molecule has 2 heterocycles. The smallest absolute Gasteiger partial charge is 0.127 e. The molecule has 1 aliphatic rings. The molecular formula is C12H19N3OS. The third-order valence-electron chi connectivity index (χ3n) is 3.30. The van der Waals surface area contributed by atoms with Gasteiger partial charge in [-0.05, 0) is 18.7 Å². The number of piperazine rings is 1. The van der Waals surface area contributed by atoms with E-state index in [2.05, 4.69) is 16.7 Å². The summed E-state index contributed by atoms with van der Waals surface area (Å²) in [6, 6.07) is 3.76. The van der Waals surface area contributed by atoms with E-state index in [9.17, 15) is 0 Å². The summed E-state index contributed by atoms with van der Waals surface area (Å²) >= 11 is 5.17. The van der Waals surface area contributed by atoms with Crippen molar-refractivity contribution in [1.82, 2.24) is 9.80 Å². The van der Waals surface area contributed by atoms with Gasteiger partial charge in [-0.15, -0.1) is 0 Å². The number of nitrogens with zero attached hydrogens (tertiary/aromatic N) is 2. The first kappa shape index (κ1) is 12.5. The molecule has 1 saturated heterocycles. The van der Waals surface area contributed by atoms with Crippen molar-refractivity contribution in [2.45, 2.75) is 13.0 Å². The predicted octanol–water partition coefficient (Wildman–Crippen LogP) is 1.24. The molecule has 94 valence electrons. The van der Waals surface area contributed by atoms with Crippen molar-refractivity contribution in [3.05, 3.63) is 24.2 Å². The Bertz CT molecular complexity index is 358. The summed E-state index contributed by atoms with van der Waals surface area (Å²) in [6.07, 6.45) is 1.67. The average Bonchev–Trinajstić information content (AvgIpc) is 2.83. The molecule has 1 unspecified atom stereocenters. The molecule has 1 aromatic heterocycles. The van der Waals surface area contributed by atoms with E-state index in [4.69, 9.17) is 22.4 Å². The zero-order valence-electron chi connectivity index (χ0n) is 10.1. The molecule has 5 heteroatoms. The molecule has 0 bridgehead atoms. The van der Waals surface area contributed by atoms with Crippen LogP contribution in [0.1, 0.15) is 18.7 Å². The Morgan fingerprint density at radius 1 is 1.47 bits per heavy atom. The monoisotopic (exact) mass is 253 g/mol. The van der Waals surface area contributed by atoms with Crippen molar-refractivity contribution >= 4 is 17.2 Å². The fourth-order valence-corrected chi connectivity index (χ4v) is 2.55. The van der Waals surface area contributed by atoms with E-state index in [0.717, 1.165) is 38.5 Å². The van der Waals surface area contributed by atoms with Crippen LogP contribution in [-0.2, 0) is 0 Å². The molecule has 1 atom stereocenters. The van der Waals surface area contributed by atoms with Crippen LogP contribution in [0.15, 0.2) is 22.8 Å². The van der Waals surface area contributed by atoms with Gasteiger partial charge in [0.15, 0.2) is 0 Å². The maximum atomic E-state index is 5.84. The lowest BCUT2D eigenvalue weighted by Crippen LogP contribution is -2.49. The van der Waals surface area contributed by atoms with E-state index in [0.29, 0.717) is 4.99 Å². The molecule has 1 fully saturated rings. The number of furan rings is 1. The topological polar surface area (TPSA) is 45.6 Å². The second-order valence-corrected chi connectivity index (χ2v) is 4.76. The van der Waals surface area contributed by atoms with E-state index in [1.807, 2.05) is 12.1 Å². The second-order valence-electron chi connectivity index (χ2n) is 4.29. The normalized spacial score (nSPS) is 20.3. The van der Waals surface area contributed by atoms with Gasteiger partial charge in [0.1, 0.15) is 11.8 Å². The third kappa shape index (κ3) is 2.86. The van der Waals surface area contributed by atoms with Crippen molar-refractivity contribution in [1.29, 1.82) is 0 Å². The fraction of sp³-hybridized carbons (Fsp3) is 0.583. The minimum Gasteiger partial charge on any atom is -0.467 e. The van der Waals surface area contributed by atoms with Crippen LogP contribution >= 0.6 is 12.2 Å². The first-order valence-electron chi connectivity index (χ1n) is 6.01. The highest BCUT2D eigenvalue weighted by molar-refractivity contribution is 7.80. The third-order valence-corrected chi connectivity index (χ3v) is 3.52. The number of nitrogens with two attached hydrogens (primary N) is 1. The Hall–Kier alpha value is -0.910. The van der Waals surface area contributed by atoms with E-state index in [1.54, 1.807) is 6.26 Å². The van der Waals surface area contributed by atoms with Gasteiger partial charge in [-0.25, -0.2) is 0 Å². The summed E-state index contributed by atoms with van der Waals surface area (Å²) in [6.45, 7) is 7.39. The first-order chi connectivity index (χ1) is 8.22.